The molecule has 1 amide bonds. The largest absolute Gasteiger partial charge is 0.497 e. The molecule has 2 heterocycles. The van der Waals surface area contributed by atoms with Crippen molar-refractivity contribution in [2.75, 3.05) is 18.2 Å². The van der Waals surface area contributed by atoms with Gasteiger partial charge in [-0.15, -0.1) is 16.8 Å². The van der Waals surface area contributed by atoms with Crippen LogP contribution in [0.1, 0.15) is 10.5 Å². The van der Waals surface area contributed by atoms with Crippen LogP contribution in [-0.4, -0.2) is 34.1 Å². The second-order valence-electron chi connectivity index (χ2n) is 4.73. The smallest absolute Gasteiger partial charge is 0.279 e. The highest BCUT2D eigenvalue weighted by Crippen LogP contribution is 2.26. The van der Waals surface area contributed by atoms with E-state index in [0.717, 1.165) is 21.4 Å². The van der Waals surface area contributed by atoms with Crippen molar-refractivity contribution in [1.29, 1.82) is 0 Å². The van der Waals surface area contributed by atoms with Crippen molar-refractivity contribution >= 4 is 34.1 Å². The third-order valence-electron chi connectivity index (χ3n) is 3.07. The van der Waals surface area contributed by atoms with E-state index in [4.69, 9.17) is 9.26 Å². The molecule has 0 spiro atoms. The third-order valence-corrected chi connectivity index (χ3v) is 5.04. The Balaban J connectivity index is 1.67. The van der Waals surface area contributed by atoms with Gasteiger partial charge in [-0.3, -0.25) is 10.1 Å². The standard InChI is InChI=1S/C16H14N4O3S2/c1-3-8-24-16-19-18-15(25-16)17-14(21)12-9-13(23-20-12)10-4-6-11(22-2)7-5-10/h3-7,9H,1,8H2,2H3,(H,17,18,21). The van der Waals surface area contributed by atoms with Crippen molar-refractivity contribution < 1.29 is 14.1 Å². The number of carbonyl (C=O) groups excluding carboxylic acids is 1. The van der Waals surface area contributed by atoms with Gasteiger partial charge in [-0.05, 0) is 24.3 Å². The minimum atomic E-state index is -0.403. The van der Waals surface area contributed by atoms with Crippen molar-refractivity contribution in [3.8, 4) is 17.1 Å². The van der Waals surface area contributed by atoms with Crippen LogP contribution in [-0.2, 0) is 0 Å². The summed E-state index contributed by atoms with van der Waals surface area (Å²) in [5.74, 6) is 1.56. The maximum Gasteiger partial charge on any atom is 0.279 e. The van der Waals surface area contributed by atoms with Crippen LogP contribution in [0.2, 0.25) is 0 Å². The molecule has 9 heteroatoms. The fourth-order valence-electron chi connectivity index (χ4n) is 1.88. The van der Waals surface area contributed by atoms with Gasteiger partial charge in [-0.25, -0.2) is 0 Å². The molecule has 0 unspecified atom stereocenters. The minimum Gasteiger partial charge on any atom is -0.497 e. The predicted molar refractivity (Wildman–Crippen MR) is 97.3 cm³/mol. The monoisotopic (exact) mass is 374 g/mol. The first-order valence-electron chi connectivity index (χ1n) is 7.19. The molecule has 0 bridgehead atoms. The van der Waals surface area contributed by atoms with E-state index in [9.17, 15) is 4.79 Å². The van der Waals surface area contributed by atoms with E-state index in [0.29, 0.717) is 10.9 Å². The molecular weight excluding hydrogens is 360 g/mol. The lowest BCUT2D eigenvalue weighted by molar-refractivity contribution is 0.101. The summed E-state index contributed by atoms with van der Waals surface area (Å²) in [5, 5.41) is 14.8. The number of thioether (sulfide) groups is 1. The molecular formula is C16H14N4O3S2. The average molecular weight is 374 g/mol. The topological polar surface area (TPSA) is 90.1 Å². The molecule has 2 aromatic heterocycles. The highest BCUT2D eigenvalue weighted by atomic mass is 32.2. The molecule has 0 saturated carbocycles. The van der Waals surface area contributed by atoms with Crippen molar-refractivity contribution in [3.05, 3.63) is 48.7 Å². The number of rotatable bonds is 7. The first-order valence-corrected chi connectivity index (χ1v) is 8.99. The lowest BCUT2D eigenvalue weighted by Crippen LogP contribution is -2.11. The van der Waals surface area contributed by atoms with Gasteiger partial charge in [0, 0.05) is 17.4 Å². The number of amides is 1. The Bertz CT molecular complexity index is 874. The van der Waals surface area contributed by atoms with E-state index >= 15 is 0 Å². The van der Waals surface area contributed by atoms with E-state index in [1.54, 1.807) is 31.4 Å². The van der Waals surface area contributed by atoms with E-state index in [-0.39, 0.29) is 5.69 Å². The van der Waals surface area contributed by atoms with Gasteiger partial charge < -0.3 is 9.26 Å². The predicted octanol–water partition coefficient (Wildman–Crippen LogP) is 3.73. The molecule has 0 aliphatic carbocycles. The Morgan fingerprint density at radius 3 is 2.92 bits per heavy atom. The highest BCUT2D eigenvalue weighted by molar-refractivity contribution is 8.01. The van der Waals surface area contributed by atoms with Crippen molar-refractivity contribution in [1.82, 2.24) is 15.4 Å². The van der Waals surface area contributed by atoms with E-state index in [2.05, 4.69) is 27.2 Å². The Morgan fingerprint density at radius 1 is 1.40 bits per heavy atom. The Kier molecular flexibility index (Phi) is 5.46. The Morgan fingerprint density at radius 2 is 2.20 bits per heavy atom. The second-order valence-corrected chi connectivity index (χ2v) is 6.98. The van der Waals surface area contributed by atoms with E-state index in [1.807, 2.05) is 12.1 Å². The maximum absolute atomic E-state index is 12.2. The van der Waals surface area contributed by atoms with Gasteiger partial charge in [-0.1, -0.05) is 34.3 Å². The molecule has 1 N–H and O–H groups in total. The summed E-state index contributed by atoms with van der Waals surface area (Å²) < 4.78 is 11.1. The van der Waals surface area contributed by atoms with Crippen LogP contribution in [0.25, 0.3) is 11.3 Å². The minimum absolute atomic E-state index is 0.168. The van der Waals surface area contributed by atoms with Crippen molar-refractivity contribution in [2.45, 2.75) is 4.34 Å². The van der Waals surface area contributed by atoms with Gasteiger partial charge in [0.1, 0.15) is 5.75 Å². The zero-order valence-electron chi connectivity index (χ0n) is 13.3. The zero-order chi connectivity index (χ0) is 17.6. The van der Waals surface area contributed by atoms with Gasteiger partial charge >= 0.3 is 0 Å². The van der Waals surface area contributed by atoms with E-state index in [1.165, 1.54) is 23.1 Å². The Labute approximate surface area is 152 Å². The third kappa shape index (κ3) is 4.25. The van der Waals surface area contributed by atoms with E-state index < -0.39 is 5.91 Å². The molecule has 3 rings (SSSR count). The molecule has 1 aromatic carbocycles. The van der Waals surface area contributed by atoms with Crippen LogP contribution >= 0.6 is 23.1 Å². The van der Waals surface area contributed by atoms with Gasteiger partial charge in [0.15, 0.2) is 15.8 Å². The first kappa shape index (κ1) is 17.2. The number of hydrogen-bond acceptors (Lipinski definition) is 8. The number of nitrogens with one attached hydrogen (secondary N) is 1. The fraction of sp³-hybridized carbons (Fsp3) is 0.125. The van der Waals surface area contributed by atoms with Crippen molar-refractivity contribution in [3.63, 3.8) is 0 Å². The lowest BCUT2D eigenvalue weighted by atomic mass is 10.1. The molecule has 0 aliphatic rings. The number of nitrogens with zero attached hydrogens (tertiary/aromatic N) is 3. The van der Waals surface area contributed by atoms with Gasteiger partial charge in [0.05, 0.1) is 7.11 Å². The summed E-state index contributed by atoms with van der Waals surface area (Å²) >= 11 is 2.79. The summed E-state index contributed by atoms with van der Waals surface area (Å²) in [7, 11) is 1.60. The van der Waals surface area contributed by atoms with Crippen LogP contribution in [0.15, 0.2) is 51.8 Å². The Hall–Kier alpha value is -2.65. The van der Waals surface area contributed by atoms with Gasteiger partial charge in [0.25, 0.3) is 5.91 Å². The molecule has 3 aromatic rings. The molecule has 0 fully saturated rings. The molecule has 0 radical (unpaired) electrons. The molecule has 25 heavy (non-hydrogen) atoms. The van der Waals surface area contributed by atoms with Crippen molar-refractivity contribution in [2.24, 2.45) is 0 Å². The quantitative estimate of drug-likeness (QED) is 0.383. The number of carbonyl (C=O) groups is 1. The number of methoxy groups -OCH3 is 1. The van der Waals surface area contributed by atoms with Gasteiger partial charge in [0.2, 0.25) is 5.13 Å². The highest BCUT2D eigenvalue weighted by Gasteiger charge is 2.16. The number of ether oxygens (including phenoxy) is 1. The zero-order valence-corrected chi connectivity index (χ0v) is 14.9. The summed E-state index contributed by atoms with van der Waals surface area (Å²) in [6, 6.07) is 8.85. The van der Waals surface area contributed by atoms with Crippen LogP contribution in [0, 0.1) is 0 Å². The van der Waals surface area contributed by atoms with Crippen LogP contribution in [0.3, 0.4) is 0 Å². The summed E-state index contributed by atoms with van der Waals surface area (Å²) in [5.41, 5.74) is 0.965. The molecule has 128 valence electrons. The van der Waals surface area contributed by atoms with Crippen LogP contribution in [0.5, 0.6) is 5.75 Å². The molecule has 0 aliphatic heterocycles. The van der Waals surface area contributed by atoms with Gasteiger partial charge in [-0.2, -0.15) is 0 Å². The number of hydrogen-bond donors (Lipinski definition) is 1. The average Bonchev–Trinajstić information content (AvgIpc) is 3.29. The summed E-state index contributed by atoms with van der Waals surface area (Å²) in [4.78, 5) is 12.2. The SMILES string of the molecule is C=CCSc1nnc(NC(=O)c2cc(-c3ccc(OC)cc3)on2)s1. The first-order chi connectivity index (χ1) is 12.2. The molecule has 0 saturated heterocycles. The normalized spacial score (nSPS) is 10.4. The number of anilines is 1. The summed E-state index contributed by atoms with van der Waals surface area (Å²) in [6.07, 6.45) is 1.78. The lowest BCUT2D eigenvalue weighted by Gasteiger charge is -1.99. The number of benzene rings is 1. The molecule has 7 nitrogen and oxygen atoms in total. The maximum atomic E-state index is 12.2. The van der Waals surface area contributed by atoms with Crippen LogP contribution < -0.4 is 10.1 Å². The number of aromatic nitrogens is 3. The van der Waals surface area contributed by atoms with Crippen LogP contribution in [0.4, 0.5) is 5.13 Å². The summed E-state index contributed by atoms with van der Waals surface area (Å²) in [6.45, 7) is 3.65. The second kappa shape index (κ2) is 7.95. The fourth-order valence-corrected chi connectivity index (χ4v) is 3.39. The molecule has 0 atom stereocenters.